The Morgan fingerprint density at radius 1 is 0.960 bits per heavy atom. The average Bonchev–Trinajstić information content (AvgIpc) is 2.62. The first kappa shape index (κ1) is 14.2. The van der Waals surface area contributed by atoms with Crippen LogP contribution in [0.5, 0.6) is 0 Å². The van der Waals surface area contributed by atoms with Gasteiger partial charge in [-0.05, 0) is 36.4 Å². The van der Waals surface area contributed by atoms with Gasteiger partial charge in [-0.15, -0.1) is 11.3 Å². The maximum absolute atomic E-state index is 14.1. The summed E-state index contributed by atoms with van der Waals surface area (Å²) in [4.78, 5) is 30.0. The van der Waals surface area contributed by atoms with Crippen molar-refractivity contribution in [2.24, 2.45) is 0 Å². The average molecular weight is 348 g/mol. The lowest BCUT2D eigenvalue weighted by Crippen LogP contribution is -2.15. The molecule has 4 nitrogen and oxygen atoms in total. The van der Waals surface area contributed by atoms with E-state index in [0.717, 1.165) is 0 Å². The minimum absolute atomic E-state index is 0.212. The van der Waals surface area contributed by atoms with Crippen LogP contribution in [0.25, 0.3) is 36.7 Å². The number of benzene rings is 2. The normalized spacial score (nSPS) is 11.7. The molecule has 6 heteroatoms. The molecule has 0 aliphatic rings. The third kappa shape index (κ3) is 1.94. The lowest BCUT2D eigenvalue weighted by molar-refractivity contribution is 0.641. The smallest absolute Gasteiger partial charge is 0.265 e. The number of fused-ring (bicyclic) bond motifs is 4. The van der Waals surface area contributed by atoms with Crippen LogP contribution in [0.1, 0.15) is 0 Å². The number of hydrogen-bond acceptors (Lipinski definition) is 4. The van der Waals surface area contributed by atoms with E-state index in [0.29, 0.717) is 36.7 Å². The Bertz CT molecular complexity index is 1450. The third-order valence-electron chi connectivity index (χ3n) is 4.29. The van der Waals surface area contributed by atoms with E-state index in [9.17, 15) is 14.0 Å². The zero-order valence-corrected chi connectivity index (χ0v) is 13.5. The molecule has 2 aromatic carbocycles. The summed E-state index contributed by atoms with van der Waals surface area (Å²) in [5.74, 6) is -0.435. The van der Waals surface area contributed by atoms with E-state index in [-0.39, 0.29) is 11.0 Å². The van der Waals surface area contributed by atoms with Crippen LogP contribution in [0.3, 0.4) is 0 Å². The highest BCUT2D eigenvalue weighted by atomic mass is 32.1. The first-order chi connectivity index (χ1) is 12.1. The van der Waals surface area contributed by atoms with Gasteiger partial charge in [0.2, 0.25) is 0 Å². The van der Waals surface area contributed by atoms with Crippen molar-refractivity contribution in [3.63, 3.8) is 0 Å². The molecule has 0 saturated heterocycles. The van der Waals surface area contributed by atoms with Crippen molar-refractivity contribution in [3.05, 3.63) is 81.1 Å². The molecule has 0 aliphatic carbocycles. The standard InChI is InChI=1S/C19H9FN2O2S/c20-13-5-3-4-10-17(23)12-8-14-11(9-15(12)25-18(10)13)19(24)22-7-2-1-6-16(22)21-14/h1-9H. The van der Waals surface area contributed by atoms with Crippen molar-refractivity contribution in [3.8, 4) is 0 Å². The summed E-state index contributed by atoms with van der Waals surface area (Å²) in [7, 11) is 0. The molecular formula is C19H9FN2O2S. The Hall–Kier alpha value is -3.12. The number of rotatable bonds is 0. The highest BCUT2D eigenvalue weighted by Gasteiger charge is 2.13. The Morgan fingerprint density at radius 3 is 2.72 bits per heavy atom. The Morgan fingerprint density at radius 2 is 1.84 bits per heavy atom. The van der Waals surface area contributed by atoms with Gasteiger partial charge >= 0.3 is 0 Å². The summed E-state index contributed by atoms with van der Waals surface area (Å²) in [6, 6.07) is 13.0. The molecule has 5 aromatic rings. The van der Waals surface area contributed by atoms with Crippen LogP contribution < -0.4 is 11.0 Å². The molecule has 3 aromatic heterocycles. The van der Waals surface area contributed by atoms with Crippen molar-refractivity contribution in [2.45, 2.75) is 0 Å². The monoisotopic (exact) mass is 348 g/mol. The van der Waals surface area contributed by atoms with Crippen LogP contribution >= 0.6 is 11.3 Å². The molecule has 5 rings (SSSR count). The highest BCUT2D eigenvalue weighted by Crippen LogP contribution is 2.28. The number of hydrogen-bond donors (Lipinski definition) is 0. The number of aromatic nitrogens is 2. The Kier molecular flexibility index (Phi) is 2.81. The molecule has 0 fully saturated rings. The fraction of sp³-hybridized carbons (Fsp3) is 0. The van der Waals surface area contributed by atoms with Gasteiger partial charge in [0.15, 0.2) is 5.43 Å². The molecule has 0 spiro atoms. The summed E-state index contributed by atoms with van der Waals surface area (Å²) < 4.78 is 16.4. The van der Waals surface area contributed by atoms with Crippen LogP contribution in [0.4, 0.5) is 4.39 Å². The molecule has 3 heterocycles. The quantitative estimate of drug-likeness (QED) is 0.401. The molecule has 0 unspecified atom stereocenters. The Balaban J connectivity index is 2.05. The maximum atomic E-state index is 14.1. The summed E-state index contributed by atoms with van der Waals surface area (Å²) >= 11 is 1.17. The van der Waals surface area contributed by atoms with Crippen LogP contribution in [0, 0.1) is 5.82 Å². The highest BCUT2D eigenvalue weighted by molar-refractivity contribution is 7.24. The summed E-state index contributed by atoms with van der Waals surface area (Å²) in [6.07, 6.45) is 1.65. The van der Waals surface area contributed by atoms with Crippen molar-refractivity contribution in [1.29, 1.82) is 0 Å². The predicted molar refractivity (Wildman–Crippen MR) is 98.1 cm³/mol. The van der Waals surface area contributed by atoms with Crippen molar-refractivity contribution >= 4 is 48.1 Å². The van der Waals surface area contributed by atoms with Gasteiger partial charge in [0.25, 0.3) is 5.56 Å². The van der Waals surface area contributed by atoms with Gasteiger partial charge in [0.05, 0.1) is 15.6 Å². The summed E-state index contributed by atoms with van der Waals surface area (Å²) in [5.41, 5.74) is 0.516. The summed E-state index contributed by atoms with van der Waals surface area (Å²) in [6.45, 7) is 0. The minimum Gasteiger partial charge on any atom is -0.288 e. The van der Waals surface area contributed by atoms with Crippen LogP contribution in [-0.4, -0.2) is 9.38 Å². The predicted octanol–water partition coefficient (Wildman–Crippen LogP) is 3.71. The molecule has 0 bridgehead atoms. The van der Waals surface area contributed by atoms with Gasteiger partial charge in [-0.25, -0.2) is 9.37 Å². The van der Waals surface area contributed by atoms with E-state index in [1.165, 1.54) is 27.9 Å². The first-order valence-electron chi connectivity index (χ1n) is 7.60. The largest absolute Gasteiger partial charge is 0.288 e. The van der Waals surface area contributed by atoms with Crippen molar-refractivity contribution in [1.82, 2.24) is 9.38 Å². The second-order valence-electron chi connectivity index (χ2n) is 5.76. The molecule has 120 valence electrons. The second kappa shape index (κ2) is 4.94. The molecule has 0 N–H and O–H groups in total. The minimum atomic E-state index is -0.435. The van der Waals surface area contributed by atoms with E-state index < -0.39 is 5.82 Å². The second-order valence-corrected chi connectivity index (χ2v) is 6.81. The van der Waals surface area contributed by atoms with Crippen LogP contribution in [-0.2, 0) is 0 Å². The van der Waals surface area contributed by atoms with Crippen molar-refractivity contribution in [2.75, 3.05) is 0 Å². The van der Waals surface area contributed by atoms with Gasteiger partial charge < -0.3 is 0 Å². The molecular weight excluding hydrogens is 339 g/mol. The zero-order chi connectivity index (χ0) is 17.1. The zero-order valence-electron chi connectivity index (χ0n) is 12.7. The molecule has 25 heavy (non-hydrogen) atoms. The topological polar surface area (TPSA) is 51.4 Å². The fourth-order valence-corrected chi connectivity index (χ4v) is 4.19. The maximum Gasteiger partial charge on any atom is 0.265 e. The van der Waals surface area contributed by atoms with E-state index in [4.69, 9.17) is 0 Å². The van der Waals surface area contributed by atoms with Gasteiger partial charge in [-0.3, -0.25) is 14.0 Å². The molecule has 0 atom stereocenters. The lowest BCUT2D eigenvalue weighted by atomic mass is 10.1. The third-order valence-corrected chi connectivity index (χ3v) is 5.47. The van der Waals surface area contributed by atoms with Crippen LogP contribution in [0.15, 0.2) is 64.3 Å². The molecule has 0 amide bonds. The van der Waals surface area contributed by atoms with E-state index in [2.05, 4.69) is 4.98 Å². The fourth-order valence-electron chi connectivity index (χ4n) is 3.09. The van der Waals surface area contributed by atoms with E-state index in [1.54, 1.807) is 42.6 Å². The van der Waals surface area contributed by atoms with Gasteiger partial charge in [0, 0.05) is 21.7 Å². The molecule has 0 saturated carbocycles. The molecule has 0 radical (unpaired) electrons. The van der Waals surface area contributed by atoms with Gasteiger partial charge in [-0.2, -0.15) is 0 Å². The number of halogens is 1. The van der Waals surface area contributed by atoms with E-state index >= 15 is 0 Å². The lowest BCUT2D eigenvalue weighted by Gasteiger charge is -2.06. The van der Waals surface area contributed by atoms with E-state index in [1.807, 2.05) is 0 Å². The Labute approximate surface area is 143 Å². The SMILES string of the molecule is O=c1c2cc3nc4ccccn4c(=O)c3cc2sc2c(F)cccc12. The van der Waals surface area contributed by atoms with Crippen LogP contribution in [0.2, 0.25) is 0 Å². The summed E-state index contributed by atoms with van der Waals surface area (Å²) in [5, 5.41) is 1.19. The van der Waals surface area contributed by atoms with Crippen molar-refractivity contribution < 1.29 is 4.39 Å². The first-order valence-corrected chi connectivity index (χ1v) is 8.41. The van der Waals surface area contributed by atoms with Gasteiger partial charge in [0.1, 0.15) is 11.5 Å². The number of nitrogens with zero attached hydrogens (tertiary/aromatic N) is 2. The number of pyridine rings is 1. The van der Waals surface area contributed by atoms with Gasteiger partial charge in [-0.1, -0.05) is 12.1 Å². The molecule has 0 aliphatic heterocycles.